The summed E-state index contributed by atoms with van der Waals surface area (Å²) in [7, 11) is 0. The number of nitrogens with two attached hydrogens (primary N) is 1. The Morgan fingerprint density at radius 2 is 2.00 bits per heavy atom. The summed E-state index contributed by atoms with van der Waals surface area (Å²) in [4.78, 5) is 35.8. The zero-order valence-corrected chi connectivity index (χ0v) is 9.69. The first-order valence-corrected chi connectivity index (χ1v) is 5.26. The molecular formula is C10H17N3O3. The largest absolute Gasteiger partial charge is 0.342 e. The van der Waals surface area contributed by atoms with Gasteiger partial charge in [-0.3, -0.25) is 19.3 Å². The van der Waals surface area contributed by atoms with Gasteiger partial charge in [0.05, 0.1) is 12.5 Å². The summed E-state index contributed by atoms with van der Waals surface area (Å²) in [5.41, 5.74) is 5.37. The van der Waals surface area contributed by atoms with E-state index in [0.29, 0.717) is 0 Å². The van der Waals surface area contributed by atoms with Crippen LogP contribution >= 0.6 is 0 Å². The van der Waals surface area contributed by atoms with Crippen molar-refractivity contribution in [1.29, 1.82) is 0 Å². The summed E-state index contributed by atoms with van der Waals surface area (Å²) >= 11 is 0. The maximum absolute atomic E-state index is 11.8. The first kappa shape index (κ1) is 12.6. The molecule has 0 aromatic heterocycles. The van der Waals surface area contributed by atoms with Crippen LogP contribution in [0.25, 0.3) is 0 Å². The molecule has 0 bridgehead atoms. The van der Waals surface area contributed by atoms with Crippen molar-refractivity contribution in [2.24, 2.45) is 5.73 Å². The van der Waals surface area contributed by atoms with Crippen molar-refractivity contribution < 1.29 is 14.4 Å². The topological polar surface area (TPSA) is 92.5 Å². The van der Waals surface area contributed by atoms with E-state index in [1.807, 2.05) is 0 Å². The summed E-state index contributed by atoms with van der Waals surface area (Å²) in [6, 6.07) is -1.62. The van der Waals surface area contributed by atoms with Crippen molar-refractivity contribution in [3.05, 3.63) is 0 Å². The molecule has 0 aliphatic carbocycles. The number of imide groups is 1. The molecule has 1 aliphatic heterocycles. The molecule has 1 saturated heterocycles. The lowest BCUT2D eigenvalue weighted by Gasteiger charge is -2.19. The van der Waals surface area contributed by atoms with Gasteiger partial charge in [0.25, 0.3) is 5.91 Å². The average molecular weight is 227 g/mol. The summed E-state index contributed by atoms with van der Waals surface area (Å²) in [5.74, 6) is -1.03. The third-order valence-corrected chi connectivity index (χ3v) is 2.43. The van der Waals surface area contributed by atoms with E-state index in [-0.39, 0.29) is 24.3 Å². The lowest BCUT2D eigenvalue weighted by molar-refractivity contribution is -0.141. The predicted octanol–water partition coefficient (Wildman–Crippen LogP) is -1.01. The molecule has 6 nitrogen and oxygen atoms in total. The van der Waals surface area contributed by atoms with E-state index in [0.717, 1.165) is 0 Å². The van der Waals surface area contributed by atoms with E-state index in [2.05, 4.69) is 5.32 Å². The predicted molar refractivity (Wildman–Crippen MR) is 57.2 cm³/mol. The molecule has 3 amide bonds. The number of nitrogens with one attached hydrogen (secondary N) is 1. The Hall–Kier alpha value is -1.43. The van der Waals surface area contributed by atoms with Gasteiger partial charge in [-0.1, -0.05) is 0 Å². The van der Waals surface area contributed by atoms with E-state index in [1.165, 1.54) is 11.8 Å². The number of carbonyl (C=O) groups is 3. The van der Waals surface area contributed by atoms with E-state index < -0.39 is 18.0 Å². The van der Waals surface area contributed by atoms with Crippen LogP contribution < -0.4 is 11.1 Å². The van der Waals surface area contributed by atoms with Crippen LogP contribution in [0.5, 0.6) is 0 Å². The van der Waals surface area contributed by atoms with Crippen LogP contribution in [0.1, 0.15) is 27.2 Å². The zero-order valence-electron chi connectivity index (χ0n) is 9.69. The molecule has 90 valence electrons. The second-order valence-electron chi connectivity index (χ2n) is 4.25. The Kier molecular flexibility index (Phi) is 3.64. The summed E-state index contributed by atoms with van der Waals surface area (Å²) in [5, 5.41) is 2.47. The van der Waals surface area contributed by atoms with Crippen molar-refractivity contribution in [2.75, 3.05) is 0 Å². The van der Waals surface area contributed by atoms with Gasteiger partial charge in [-0.15, -0.1) is 0 Å². The minimum absolute atomic E-state index is 0.0233. The minimum atomic E-state index is -0.756. The van der Waals surface area contributed by atoms with Gasteiger partial charge in [0, 0.05) is 6.04 Å². The molecule has 3 N–H and O–H groups in total. The highest BCUT2D eigenvalue weighted by Gasteiger charge is 2.40. The molecular weight excluding hydrogens is 210 g/mol. The quantitative estimate of drug-likeness (QED) is 0.604. The number of likely N-dealkylation sites (tertiary alicyclic amines) is 1. The maximum atomic E-state index is 11.8. The summed E-state index contributed by atoms with van der Waals surface area (Å²) < 4.78 is 0. The van der Waals surface area contributed by atoms with Gasteiger partial charge in [0.1, 0.15) is 6.04 Å². The van der Waals surface area contributed by atoms with Crippen LogP contribution in [-0.2, 0) is 14.4 Å². The average Bonchev–Trinajstić information content (AvgIpc) is 2.41. The van der Waals surface area contributed by atoms with Crippen molar-refractivity contribution in [1.82, 2.24) is 10.2 Å². The van der Waals surface area contributed by atoms with Crippen LogP contribution in [-0.4, -0.2) is 40.7 Å². The Morgan fingerprint density at radius 1 is 1.44 bits per heavy atom. The molecule has 0 aromatic carbocycles. The lowest BCUT2D eigenvalue weighted by Crippen LogP contribution is -2.48. The van der Waals surface area contributed by atoms with Gasteiger partial charge in [-0.25, -0.2) is 0 Å². The van der Waals surface area contributed by atoms with Crippen LogP contribution in [0.2, 0.25) is 0 Å². The second kappa shape index (κ2) is 4.61. The highest BCUT2D eigenvalue weighted by molar-refractivity contribution is 6.07. The Labute approximate surface area is 94.2 Å². The van der Waals surface area contributed by atoms with E-state index in [4.69, 9.17) is 5.73 Å². The highest BCUT2D eigenvalue weighted by atomic mass is 16.2. The molecule has 16 heavy (non-hydrogen) atoms. The molecule has 0 radical (unpaired) electrons. The smallest absolute Gasteiger partial charge is 0.252 e. The van der Waals surface area contributed by atoms with Gasteiger partial charge in [-0.2, -0.15) is 0 Å². The molecule has 1 rings (SSSR count). The van der Waals surface area contributed by atoms with Crippen molar-refractivity contribution in [2.45, 2.75) is 45.3 Å². The second-order valence-corrected chi connectivity index (χ2v) is 4.25. The zero-order chi connectivity index (χ0) is 12.5. The number of amides is 3. The Morgan fingerprint density at radius 3 is 2.38 bits per heavy atom. The first-order chi connectivity index (χ1) is 7.34. The highest BCUT2D eigenvalue weighted by Crippen LogP contribution is 2.16. The SMILES string of the molecule is CC(C)N1C(=O)CC(NC(=O)[C@@H](C)N)C1=O. The standard InChI is InChI=1S/C10H17N3O3/c1-5(2)13-8(14)4-7(10(13)16)12-9(15)6(3)11/h5-7H,4,11H2,1-3H3,(H,12,15)/t6-,7?/m1/s1. The summed E-state index contributed by atoms with van der Waals surface area (Å²) in [6.07, 6.45) is 0.0233. The molecule has 1 aliphatic rings. The first-order valence-electron chi connectivity index (χ1n) is 5.26. The van der Waals surface area contributed by atoms with Gasteiger partial charge >= 0.3 is 0 Å². The van der Waals surface area contributed by atoms with E-state index in [1.54, 1.807) is 13.8 Å². The van der Waals surface area contributed by atoms with Crippen molar-refractivity contribution in [3.63, 3.8) is 0 Å². The normalized spacial score (nSPS) is 22.8. The van der Waals surface area contributed by atoms with Crippen LogP contribution in [0, 0.1) is 0 Å². The fourth-order valence-corrected chi connectivity index (χ4v) is 1.61. The molecule has 1 heterocycles. The molecule has 2 atom stereocenters. The maximum Gasteiger partial charge on any atom is 0.252 e. The van der Waals surface area contributed by atoms with Crippen molar-refractivity contribution in [3.8, 4) is 0 Å². The van der Waals surface area contributed by atoms with Crippen LogP contribution in [0.15, 0.2) is 0 Å². The number of rotatable bonds is 3. The fraction of sp³-hybridized carbons (Fsp3) is 0.700. The van der Waals surface area contributed by atoms with Gasteiger partial charge in [0.2, 0.25) is 11.8 Å². The summed E-state index contributed by atoms with van der Waals surface area (Å²) in [6.45, 7) is 5.04. The fourth-order valence-electron chi connectivity index (χ4n) is 1.61. The molecule has 1 fully saturated rings. The molecule has 1 unspecified atom stereocenters. The monoisotopic (exact) mass is 227 g/mol. The lowest BCUT2D eigenvalue weighted by atomic mass is 10.2. The third-order valence-electron chi connectivity index (χ3n) is 2.43. The van der Waals surface area contributed by atoms with E-state index in [9.17, 15) is 14.4 Å². The van der Waals surface area contributed by atoms with Gasteiger partial charge < -0.3 is 11.1 Å². The van der Waals surface area contributed by atoms with Gasteiger partial charge in [-0.05, 0) is 20.8 Å². The van der Waals surface area contributed by atoms with Gasteiger partial charge in [0.15, 0.2) is 0 Å². The van der Waals surface area contributed by atoms with Crippen LogP contribution in [0.3, 0.4) is 0 Å². The molecule has 6 heteroatoms. The van der Waals surface area contributed by atoms with E-state index >= 15 is 0 Å². The number of nitrogens with zero attached hydrogens (tertiary/aromatic N) is 1. The number of hydrogen-bond acceptors (Lipinski definition) is 4. The minimum Gasteiger partial charge on any atom is -0.342 e. The Balaban J connectivity index is 2.70. The molecule has 0 aromatic rings. The molecule has 0 spiro atoms. The molecule has 0 saturated carbocycles. The van der Waals surface area contributed by atoms with Crippen molar-refractivity contribution >= 4 is 17.7 Å². The third kappa shape index (κ3) is 2.38. The van der Waals surface area contributed by atoms with Crippen LogP contribution in [0.4, 0.5) is 0 Å². The Bertz CT molecular complexity index is 325. The number of carbonyl (C=O) groups excluding carboxylic acids is 3. The number of hydrogen-bond donors (Lipinski definition) is 2.